The molecule has 0 spiro atoms. The summed E-state index contributed by atoms with van der Waals surface area (Å²) in [6.45, 7) is 5.28. The summed E-state index contributed by atoms with van der Waals surface area (Å²) in [4.78, 5) is 29.9. The maximum Gasteiger partial charge on any atom is 0.254 e. The number of hydrogen-bond donors (Lipinski definition) is 1. The third-order valence-electron chi connectivity index (χ3n) is 5.43. The van der Waals surface area contributed by atoms with Gasteiger partial charge in [0.05, 0.1) is 12.0 Å². The number of amides is 2. The van der Waals surface area contributed by atoms with Crippen molar-refractivity contribution < 1.29 is 9.59 Å². The number of carbonyl (C=O) groups is 2. The van der Waals surface area contributed by atoms with E-state index in [9.17, 15) is 9.59 Å². The number of carbonyl (C=O) groups excluding carboxylic acids is 2. The van der Waals surface area contributed by atoms with E-state index in [-0.39, 0.29) is 17.9 Å². The lowest BCUT2D eigenvalue weighted by Crippen LogP contribution is -2.48. The van der Waals surface area contributed by atoms with Gasteiger partial charge in [0.25, 0.3) is 5.91 Å². The monoisotopic (exact) mass is 418 g/mol. The Bertz CT molecular complexity index is 1010. The average Bonchev–Trinajstić information content (AvgIpc) is 3.29. The first-order valence-electron chi connectivity index (χ1n) is 10.3. The van der Waals surface area contributed by atoms with Crippen LogP contribution in [-0.4, -0.2) is 23.3 Å². The van der Waals surface area contributed by atoms with Crippen LogP contribution in [0.25, 0.3) is 0 Å². The lowest BCUT2D eigenvalue weighted by Gasteiger charge is -2.42. The Kier molecular flexibility index (Phi) is 6.00. The third-order valence-corrected chi connectivity index (χ3v) is 6.37. The molecule has 1 aliphatic rings. The predicted molar refractivity (Wildman–Crippen MR) is 120 cm³/mol. The first-order valence-corrected chi connectivity index (χ1v) is 11.2. The molecule has 2 aromatic carbocycles. The van der Waals surface area contributed by atoms with Gasteiger partial charge in [-0.2, -0.15) is 0 Å². The molecule has 154 valence electrons. The Hall–Kier alpha value is -2.92. The molecule has 0 saturated carbocycles. The van der Waals surface area contributed by atoms with Crippen molar-refractivity contribution in [3.05, 3.63) is 93.7 Å². The molecular formula is C25H26N2O2S. The van der Waals surface area contributed by atoms with Crippen LogP contribution in [0.3, 0.4) is 0 Å². The zero-order chi connectivity index (χ0) is 21.1. The molecule has 0 fully saturated rings. The summed E-state index contributed by atoms with van der Waals surface area (Å²) in [7, 11) is 0. The van der Waals surface area contributed by atoms with Gasteiger partial charge in [0.1, 0.15) is 0 Å². The van der Waals surface area contributed by atoms with E-state index in [0.29, 0.717) is 24.6 Å². The van der Waals surface area contributed by atoms with Crippen LogP contribution in [0.15, 0.2) is 72.1 Å². The fourth-order valence-corrected chi connectivity index (χ4v) is 5.02. The van der Waals surface area contributed by atoms with Gasteiger partial charge in [0.2, 0.25) is 5.91 Å². The van der Waals surface area contributed by atoms with E-state index in [4.69, 9.17) is 0 Å². The summed E-state index contributed by atoms with van der Waals surface area (Å²) < 4.78 is 0. The number of fused-ring (bicyclic) bond motifs is 1. The highest BCUT2D eigenvalue weighted by Gasteiger charge is 2.44. The minimum absolute atomic E-state index is 0.00445. The Morgan fingerprint density at radius 2 is 1.77 bits per heavy atom. The predicted octanol–water partition coefficient (Wildman–Crippen LogP) is 5.00. The first kappa shape index (κ1) is 20.4. The van der Waals surface area contributed by atoms with Crippen molar-refractivity contribution in [2.24, 2.45) is 5.92 Å². The van der Waals surface area contributed by atoms with Gasteiger partial charge in [0.15, 0.2) is 0 Å². The molecule has 0 radical (unpaired) electrons. The van der Waals surface area contributed by atoms with E-state index in [1.807, 2.05) is 77.0 Å². The molecule has 2 amide bonds. The summed E-state index contributed by atoms with van der Waals surface area (Å²) in [5.74, 6) is -0.189. The largest absolute Gasteiger partial charge is 0.351 e. The number of nitrogens with one attached hydrogen (secondary N) is 1. The van der Waals surface area contributed by atoms with Crippen LogP contribution in [-0.2, 0) is 11.3 Å². The highest BCUT2D eigenvalue weighted by Crippen LogP contribution is 2.44. The number of hydrogen-bond acceptors (Lipinski definition) is 3. The smallest absolute Gasteiger partial charge is 0.254 e. The van der Waals surface area contributed by atoms with Gasteiger partial charge in [-0.3, -0.25) is 9.59 Å². The Balaban J connectivity index is 1.74. The van der Waals surface area contributed by atoms with Gasteiger partial charge >= 0.3 is 0 Å². The molecule has 2 heterocycles. The van der Waals surface area contributed by atoms with E-state index in [1.54, 1.807) is 11.3 Å². The number of rotatable bonds is 6. The van der Waals surface area contributed by atoms with E-state index in [1.165, 1.54) is 0 Å². The molecule has 0 bridgehead atoms. The third kappa shape index (κ3) is 4.03. The molecule has 0 unspecified atom stereocenters. The van der Waals surface area contributed by atoms with Crippen molar-refractivity contribution in [3.63, 3.8) is 0 Å². The van der Waals surface area contributed by atoms with Crippen LogP contribution in [0.4, 0.5) is 0 Å². The quantitative estimate of drug-likeness (QED) is 0.612. The average molecular weight is 419 g/mol. The first-order chi connectivity index (χ1) is 14.6. The van der Waals surface area contributed by atoms with Crippen molar-refractivity contribution in [2.75, 3.05) is 6.54 Å². The van der Waals surface area contributed by atoms with Gasteiger partial charge in [0, 0.05) is 23.5 Å². The highest BCUT2D eigenvalue weighted by atomic mass is 32.1. The summed E-state index contributed by atoms with van der Waals surface area (Å²) in [6, 6.07) is 21.2. The molecule has 0 aliphatic carbocycles. The summed E-state index contributed by atoms with van der Waals surface area (Å²) in [5.41, 5.74) is 2.50. The van der Waals surface area contributed by atoms with Crippen LogP contribution in [0.5, 0.6) is 0 Å². The van der Waals surface area contributed by atoms with Gasteiger partial charge < -0.3 is 10.2 Å². The molecule has 1 aliphatic heterocycles. The zero-order valence-corrected chi connectivity index (χ0v) is 18.1. The summed E-state index contributed by atoms with van der Waals surface area (Å²) in [6.07, 6.45) is 0. The highest BCUT2D eigenvalue weighted by molar-refractivity contribution is 7.10. The SMILES string of the molecule is CC(C)CN1C(=O)c2ccccc2[C@@H](C(=O)NCc2ccccc2)[C@H]1c1cccs1. The number of benzene rings is 2. The van der Waals surface area contributed by atoms with Crippen molar-refractivity contribution in [1.82, 2.24) is 10.2 Å². The Labute approximate surface area is 181 Å². The van der Waals surface area contributed by atoms with Crippen molar-refractivity contribution in [2.45, 2.75) is 32.4 Å². The van der Waals surface area contributed by atoms with Gasteiger partial charge in [-0.15, -0.1) is 11.3 Å². The lowest BCUT2D eigenvalue weighted by atomic mass is 9.81. The molecule has 1 N–H and O–H groups in total. The van der Waals surface area contributed by atoms with Crippen molar-refractivity contribution in [3.8, 4) is 0 Å². The fourth-order valence-electron chi connectivity index (χ4n) is 4.14. The fraction of sp³-hybridized carbons (Fsp3) is 0.280. The second-order valence-corrected chi connectivity index (χ2v) is 9.06. The maximum atomic E-state index is 13.5. The molecule has 4 nitrogen and oxygen atoms in total. The molecule has 30 heavy (non-hydrogen) atoms. The minimum Gasteiger partial charge on any atom is -0.351 e. The standard InChI is InChI=1S/C25H26N2O2S/c1-17(2)16-27-23(21-13-8-14-30-21)22(19-11-6-7-12-20(19)25(27)29)24(28)26-15-18-9-4-3-5-10-18/h3-14,17,22-23H,15-16H2,1-2H3,(H,26,28)/t22-,23-/m1/s1. The van der Waals surface area contributed by atoms with E-state index < -0.39 is 5.92 Å². The second kappa shape index (κ2) is 8.84. The van der Waals surface area contributed by atoms with Crippen LogP contribution in [0.2, 0.25) is 0 Å². The van der Waals surface area contributed by atoms with E-state index in [0.717, 1.165) is 16.0 Å². The maximum absolute atomic E-state index is 13.5. The Morgan fingerprint density at radius 3 is 2.47 bits per heavy atom. The van der Waals surface area contributed by atoms with Crippen LogP contribution >= 0.6 is 11.3 Å². The molecule has 2 atom stereocenters. The molecular weight excluding hydrogens is 392 g/mol. The molecule has 3 aromatic rings. The molecule has 0 saturated heterocycles. The normalized spacial score (nSPS) is 18.4. The lowest BCUT2D eigenvalue weighted by molar-refractivity contribution is -0.124. The van der Waals surface area contributed by atoms with Crippen molar-refractivity contribution >= 4 is 23.2 Å². The molecule has 5 heteroatoms. The van der Waals surface area contributed by atoms with Crippen LogP contribution in [0, 0.1) is 5.92 Å². The number of thiophene rings is 1. The van der Waals surface area contributed by atoms with Crippen LogP contribution < -0.4 is 5.32 Å². The van der Waals surface area contributed by atoms with Gasteiger partial charge in [-0.05, 0) is 34.6 Å². The topological polar surface area (TPSA) is 49.4 Å². The van der Waals surface area contributed by atoms with Crippen LogP contribution in [0.1, 0.15) is 52.2 Å². The second-order valence-electron chi connectivity index (χ2n) is 8.08. The minimum atomic E-state index is -0.444. The van der Waals surface area contributed by atoms with E-state index >= 15 is 0 Å². The summed E-state index contributed by atoms with van der Waals surface area (Å²) in [5, 5.41) is 5.12. The van der Waals surface area contributed by atoms with Crippen molar-refractivity contribution in [1.29, 1.82) is 0 Å². The summed E-state index contributed by atoms with van der Waals surface area (Å²) >= 11 is 1.60. The molecule has 1 aromatic heterocycles. The van der Waals surface area contributed by atoms with Gasteiger partial charge in [-0.25, -0.2) is 0 Å². The Morgan fingerprint density at radius 1 is 1.03 bits per heavy atom. The number of nitrogens with zero attached hydrogens (tertiary/aromatic N) is 1. The van der Waals surface area contributed by atoms with Gasteiger partial charge in [-0.1, -0.05) is 68.4 Å². The van der Waals surface area contributed by atoms with E-state index in [2.05, 4.69) is 19.2 Å². The molecule has 4 rings (SSSR count). The zero-order valence-electron chi connectivity index (χ0n) is 17.2.